The van der Waals surface area contributed by atoms with Gasteiger partial charge in [0.1, 0.15) is 0 Å². The molecule has 0 rings (SSSR count). The summed E-state index contributed by atoms with van der Waals surface area (Å²) >= 11 is 0. The molecule has 0 bridgehead atoms. The predicted octanol–water partition coefficient (Wildman–Crippen LogP) is 3.86. The van der Waals surface area contributed by atoms with E-state index in [1.807, 2.05) is 0 Å². The molecule has 86 valence electrons. The zero-order chi connectivity index (χ0) is 11.4. The molecule has 0 heterocycles. The van der Waals surface area contributed by atoms with Crippen LogP contribution in [0.2, 0.25) is 0 Å². The van der Waals surface area contributed by atoms with Crippen molar-refractivity contribution in [2.45, 2.75) is 66.9 Å². The lowest BCUT2D eigenvalue weighted by Gasteiger charge is -2.24. The van der Waals surface area contributed by atoms with Crippen molar-refractivity contribution in [2.24, 2.45) is 17.3 Å². The fraction of sp³-hybridized carbons (Fsp3) is 1.00. The molecule has 0 aromatic rings. The fourth-order valence-electron chi connectivity index (χ4n) is 1.77. The molecule has 2 unspecified atom stereocenters. The topological polar surface area (TPSA) is 20.2 Å². The first-order valence-electron chi connectivity index (χ1n) is 5.90. The smallest absolute Gasteiger partial charge is 0.0566 e. The predicted molar refractivity (Wildman–Crippen MR) is 63.3 cm³/mol. The van der Waals surface area contributed by atoms with Gasteiger partial charge < -0.3 is 5.11 Å². The fourth-order valence-corrected chi connectivity index (χ4v) is 1.77. The van der Waals surface area contributed by atoms with Gasteiger partial charge >= 0.3 is 0 Å². The van der Waals surface area contributed by atoms with E-state index in [9.17, 15) is 5.11 Å². The summed E-state index contributed by atoms with van der Waals surface area (Å²) in [5.41, 5.74) is 0.346. The average molecular weight is 200 g/mol. The average Bonchev–Trinajstić information content (AvgIpc) is 1.97. The lowest BCUT2D eigenvalue weighted by molar-refractivity contribution is 0.0839. The van der Waals surface area contributed by atoms with Crippen LogP contribution in [0.15, 0.2) is 0 Å². The molecule has 2 atom stereocenters. The third kappa shape index (κ3) is 7.37. The molecule has 14 heavy (non-hydrogen) atoms. The van der Waals surface area contributed by atoms with Gasteiger partial charge in [-0.25, -0.2) is 0 Å². The second-order valence-corrected chi connectivity index (χ2v) is 6.27. The van der Waals surface area contributed by atoms with Crippen LogP contribution >= 0.6 is 0 Å². The number of hydrogen-bond acceptors (Lipinski definition) is 1. The van der Waals surface area contributed by atoms with Crippen LogP contribution in [0.25, 0.3) is 0 Å². The van der Waals surface area contributed by atoms with Crippen molar-refractivity contribution in [3.8, 4) is 0 Å². The van der Waals surface area contributed by atoms with Gasteiger partial charge in [-0.3, -0.25) is 0 Å². The third-order valence-corrected chi connectivity index (χ3v) is 2.69. The minimum atomic E-state index is -0.114. The molecule has 0 aromatic carbocycles. The Morgan fingerprint density at radius 1 is 1.07 bits per heavy atom. The molecule has 0 aliphatic rings. The molecule has 0 radical (unpaired) electrons. The summed E-state index contributed by atoms with van der Waals surface area (Å²) in [5.74, 6) is 1.13. The second kappa shape index (κ2) is 5.75. The molecule has 0 saturated carbocycles. The van der Waals surface area contributed by atoms with Gasteiger partial charge in [0, 0.05) is 0 Å². The first kappa shape index (κ1) is 14.0. The molecule has 0 saturated heterocycles. The van der Waals surface area contributed by atoms with Crippen LogP contribution in [0.3, 0.4) is 0 Å². The Balaban J connectivity index is 3.78. The van der Waals surface area contributed by atoms with E-state index in [2.05, 4.69) is 41.5 Å². The quantitative estimate of drug-likeness (QED) is 0.714. The summed E-state index contributed by atoms with van der Waals surface area (Å²) in [6.45, 7) is 13.3. The third-order valence-electron chi connectivity index (χ3n) is 2.69. The van der Waals surface area contributed by atoms with Crippen LogP contribution in [-0.4, -0.2) is 11.2 Å². The SMILES string of the molecule is CC(C)CC(C)C(O)CCC(C)(C)C. The molecule has 1 nitrogen and oxygen atoms in total. The number of aliphatic hydroxyl groups is 1. The Hall–Kier alpha value is -0.0400. The van der Waals surface area contributed by atoms with Crippen LogP contribution in [0.5, 0.6) is 0 Å². The van der Waals surface area contributed by atoms with Gasteiger partial charge in [-0.2, -0.15) is 0 Å². The molecule has 0 aliphatic carbocycles. The van der Waals surface area contributed by atoms with Crippen molar-refractivity contribution in [2.75, 3.05) is 0 Å². The highest BCUT2D eigenvalue weighted by molar-refractivity contribution is 4.70. The van der Waals surface area contributed by atoms with Crippen LogP contribution in [0, 0.1) is 17.3 Å². The number of rotatable bonds is 5. The number of aliphatic hydroxyl groups excluding tert-OH is 1. The highest BCUT2D eigenvalue weighted by Crippen LogP contribution is 2.25. The monoisotopic (exact) mass is 200 g/mol. The standard InChI is InChI=1S/C13H28O/c1-10(2)9-11(3)12(14)7-8-13(4,5)6/h10-12,14H,7-9H2,1-6H3. The lowest BCUT2D eigenvalue weighted by Crippen LogP contribution is -2.21. The summed E-state index contributed by atoms with van der Waals surface area (Å²) in [4.78, 5) is 0. The van der Waals surface area contributed by atoms with Crippen molar-refractivity contribution in [3.63, 3.8) is 0 Å². The first-order valence-corrected chi connectivity index (χ1v) is 5.90. The molecule has 0 fully saturated rings. The van der Waals surface area contributed by atoms with Crippen molar-refractivity contribution >= 4 is 0 Å². The minimum Gasteiger partial charge on any atom is -0.393 e. The maximum atomic E-state index is 9.93. The summed E-state index contributed by atoms with van der Waals surface area (Å²) in [5, 5.41) is 9.93. The molecular weight excluding hydrogens is 172 g/mol. The maximum absolute atomic E-state index is 9.93. The van der Waals surface area contributed by atoms with Crippen molar-refractivity contribution in [3.05, 3.63) is 0 Å². The largest absolute Gasteiger partial charge is 0.393 e. The van der Waals surface area contributed by atoms with Gasteiger partial charge in [0.05, 0.1) is 6.10 Å². The first-order chi connectivity index (χ1) is 6.22. The van der Waals surface area contributed by atoms with E-state index < -0.39 is 0 Å². The van der Waals surface area contributed by atoms with Gasteiger partial charge in [-0.15, -0.1) is 0 Å². The highest BCUT2D eigenvalue weighted by atomic mass is 16.3. The van der Waals surface area contributed by atoms with Crippen LogP contribution in [-0.2, 0) is 0 Å². The van der Waals surface area contributed by atoms with E-state index in [1.54, 1.807) is 0 Å². The summed E-state index contributed by atoms with van der Waals surface area (Å²) in [6.07, 6.45) is 3.07. The Morgan fingerprint density at radius 3 is 1.93 bits per heavy atom. The van der Waals surface area contributed by atoms with Crippen molar-refractivity contribution < 1.29 is 5.11 Å². The van der Waals surface area contributed by atoms with Gasteiger partial charge in [0.15, 0.2) is 0 Å². The Labute approximate surface area is 89.9 Å². The zero-order valence-electron chi connectivity index (χ0n) is 10.8. The van der Waals surface area contributed by atoms with E-state index in [0.717, 1.165) is 19.3 Å². The Bertz CT molecular complexity index is 144. The molecular formula is C13H28O. The van der Waals surface area contributed by atoms with Crippen LogP contribution < -0.4 is 0 Å². The lowest BCUT2D eigenvalue weighted by atomic mass is 9.85. The molecule has 1 N–H and O–H groups in total. The normalized spacial score (nSPS) is 17.1. The maximum Gasteiger partial charge on any atom is 0.0566 e. The van der Waals surface area contributed by atoms with Crippen molar-refractivity contribution in [1.29, 1.82) is 0 Å². The van der Waals surface area contributed by atoms with Crippen LogP contribution in [0.1, 0.15) is 60.8 Å². The Kier molecular flexibility index (Phi) is 5.73. The van der Waals surface area contributed by atoms with E-state index in [4.69, 9.17) is 0 Å². The highest BCUT2D eigenvalue weighted by Gasteiger charge is 2.18. The van der Waals surface area contributed by atoms with E-state index >= 15 is 0 Å². The summed E-state index contributed by atoms with van der Waals surface area (Å²) in [6, 6.07) is 0. The van der Waals surface area contributed by atoms with E-state index in [-0.39, 0.29) is 6.10 Å². The summed E-state index contributed by atoms with van der Waals surface area (Å²) < 4.78 is 0. The molecule has 1 heteroatoms. The van der Waals surface area contributed by atoms with Gasteiger partial charge in [0.25, 0.3) is 0 Å². The summed E-state index contributed by atoms with van der Waals surface area (Å²) in [7, 11) is 0. The van der Waals surface area contributed by atoms with E-state index in [1.165, 1.54) is 0 Å². The molecule has 0 amide bonds. The van der Waals surface area contributed by atoms with Gasteiger partial charge in [-0.05, 0) is 36.5 Å². The molecule has 0 aromatic heterocycles. The van der Waals surface area contributed by atoms with Gasteiger partial charge in [0.2, 0.25) is 0 Å². The van der Waals surface area contributed by atoms with Crippen LogP contribution in [0.4, 0.5) is 0 Å². The minimum absolute atomic E-state index is 0.114. The molecule has 0 spiro atoms. The Morgan fingerprint density at radius 2 is 1.57 bits per heavy atom. The van der Waals surface area contributed by atoms with Crippen molar-refractivity contribution in [1.82, 2.24) is 0 Å². The molecule has 0 aliphatic heterocycles. The van der Waals surface area contributed by atoms with E-state index in [0.29, 0.717) is 17.3 Å². The second-order valence-electron chi connectivity index (χ2n) is 6.27. The number of hydrogen-bond donors (Lipinski definition) is 1. The zero-order valence-corrected chi connectivity index (χ0v) is 10.8. The van der Waals surface area contributed by atoms with Gasteiger partial charge in [-0.1, -0.05) is 41.5 Å².